The number of ether oxygens (including phenoxy) is 1. The molecule has 0 radical (unpaired) electrons. The van der Waals surface area contributed by atoms with Crippen LogP contribution in [0.25, 0.3) is 0 Å². The van der Waals surface area contributed by atoms with Crippen LogP contribution in [-0.4, -0.2) is 43.7 Å². The van der Waals surface area contributed by atoms with Gasteiger partial charge in [0.05, 0.1) is 7.11 Å². The first-order valence-electron chi connectivity index (χ1n) is 5.74. The number of esters is 1. The lowest BCUT2D eigenvalue weighted by molar-refractivity contribution is -0.144. The summed E-state index contributed by atoms with van der Waals surface area (Å²) in [6.45, 7) is 5.34. The van der Waals surface area contributed by atoms with Crippen LogP contribution >= 0.6 is 0 Å². The van der Waals surface area contributed by atoms with E-state index in [1.165, 1.54) is 7.11 Å². The smallest absolute Gasteiger partial charge is 0.322 e. The SMILES string of the molecule is CCCN1CCCC(C(N)C(=O)OC)C1. The molecule has 2 atom stereocenters. The van der Waals surface area contributed by atoms with E-state index in [0.717, 1.165) is 38.9 Å². The number of carbonyl (C=O) groups is 1. The third kappa shape index (κ3) is 3.47. The Morgan fingerprint density at radius 1 is 1.67 bits per heavy atom. The second kappa shape index (κ2) is 6.08. The summed E-state index contributed by atoms with van der Waals surface area (Å²) in [7, 11) is 1.40. The molecule has 1 aliphatic heterocycles. The van der Waals surface area contributed by atoms with Gasteiger partial charge in [-0.1, -0.05) is 6.92 Å². The lowest BCUT2D eigenvalue weighted by Crippen LogP contribution is -2.47. The number of carbonyl (C=O) groups excluding carboxylic acids is 1. The number of hydrogen-bond donors (Lipinski definition) is 1. The van der Waals surface area contributed by atoms with E-state index >= 15 is 0 Å². The lowest BCUT2D eigenvalue weighted by atomic mass is 9.91. The Balaban J connectivity index is 2.44. The van der Waals surface area contributed by atoms with Gasteiger partial charge in [-0.3, -0.25) is 4.79 Å². The standard InChI is InChI=1S/C11H22N2O2/c1-3-6-13-7-4-5-9(8-13)10(12)11(14)15-2/h9-10H,3-8,12H2,1-2H3. The van der Waals surface area contributed by atoms with E-state index in [-0.39, 0.29) is 11.9 Å². The Morgan fingerprint density at radius 3 is 3.00 bits per heavy atom. The van der Waals surface area contributed by atoms with Gasteiger partial charge in [0.2, 0.25) is 0 Å². The molecule has 1 saturated heterocycles. The summed E-state index contributed by atoms with van der Waals surface area (Å²) >= 11 is 0. The van der Waals surface area contributed by atoms with E-state index in [2.05, 4.69) is 16.6 Å². The minimum atomic E-state index is -0.449. The Labute approximate surface area is 91.8 Å². The fourth-order valence-corrected chi connectivity index (χ4v) is 2.23. The van der Waals surface area contributed by atoms with Crippen molar-refractivity contribution in [3.8, 4) is 0 Å². The minimum Gasteiger partial charge on any atom is -0.468 e. The predicted octanol–water partition coefficient (Wildman–Crippen LogP) is 0.609. The second-order valence-corrected chi connectivity index (χ2v) is 4.25. The van der Waals surface area contributed by atoms with E-state index in [4.69, 9.17) is 5.73 Å². The molecule has 88 valence electrons. The third-order valence-corrected chi connectivity index (χ3v) is 3.06. The highest BCUT2D eigenvalue weighted by molar-refractivity contribution is 5.75. The fourth-order valence-electron chi connectivity index (χ4n) is 2.23. The molecule has 0 aliphatic carbocycles. The van der Waals surface area contributed by atoms with Crippen LogP contribution in [0.3, 0.4) is 0 Å². The van der Waals surface area contributed by atoms with E-state index in [0.29, 0.717) is 0 Å². The van der Waals surface area contributed by atoms with Crippen molar-refractivity contribution in [1.29, 1.82) is 0 Å². The maximum absolute atomic E-state index is 11.3. The topological polar surface area (TPSA) is 55.6 Å². The summed E-state index contributed by atoms with van der Waals surface area (Å²) in [5.74, 6) is -0.0175. The maximum atomic E-state index is 11.3. The molecule has 1 rings (SSSR count). The fraction of sp³-hybridized carbons (Fsp3) is 0.909. The molecule has 0 aromatic rings. The maximum Gasteiger partial charge on any atom is 0.322 e. The molecular formula is C11H22N2O2. The molecule has 1 heterocycles. The van der Waals surface area contributed by atoms with E-state index in [1.807, 2.05) is 0 Å². The number of rotatable bonds is 4. The van der Waals surface area contributed by atoms with Gasteiger partial charge in [-0.15, -0.1) is 0 Å². The summed E-state index contributed by atoms with van der Waals surface area (Å²) in [6.07, 6.45) is 3.33. The van der Waals surface area contributed by atoms with Gasteiger partial charge < -0.3 is 15.4 Å². The van der Waals surface area contributed by atoms with Crippen LogP contribution in [0.2, 0.25) is 0 Å². The highest BCUT2D eigenvalue weighted by Crippen LogP contribution is 2.19. The second-order valence-electron chi connectivity index (χ2n) is 4.25. The van der Waals surface area contributed by atoms with Crippen LogP contribution in [0, 0.1) is 5.92 Å². The molecule has 2 N–H and O–H groups in total. The molecule has 4 nitrogen and oxygen atoms in total. The summed E-state index contributed by atoms with van der Waals surface area (Å²) in [5.41, 5.74) is 5.86. The molecule has 1 aliphatic rings. The number of likely N-dealkylation sites (tertiary alicyclic amines) is 1. The predicted molar refractivity (Wildman–Crippen MR) is 59.4 cm³/mol. The van der Waals surface area contributed by atoms with Crippen molar-refractivity contribution in [3.63, 3.8) is 0 Å². The summed E-state index contributed by atoms with van der Waals surface area (Å²) < 4.78 is 4.68. The zero-order chi connectivity index (χ0) is 11.3. The molecule has 1 fully saturated rings. The summed E-state index contributed by atoms with van der Waals surface area (Å²) in [5, 5.41) is 0. The van der Waals surface area contributed by atoms with Gasteiger partial charge >= 0.3 is 5.97 Å². The van der Waals surface area contributed by atoms with Crippen LogP contribution < -0.4 is 5.73 Å². The minimum absolute atomic E-state index is 0.262. The zero-order valence-corrected chi connectivity index (χ0v) is 9.74. The molecule has 0 aromatic heterocycles. The monoisotopic (exact) mass is 214 g/mol. The van der Waals surface area contributed by atoms with Gasteiger partial charge in [-0.05, 0) is 38.3 Å². The number of nitrogens with zero attached hydrogens (tertiary/aromatic N) is 1. The first-order valence-corrected chi connectivity index (χ1v) is 5.74. The molecule has 0 spiro atoms. The van der Waals surface area contributed by atoms with Crippen molar-refractivity contribution in [2.45, 2.75) is 32.2 Å². The first-order chi connectivity index (χ1) is 7.19. The molecule has 15 heavy (non-hydrogen) atoms. The van der Waals surface area contributed by atoms with Gasteiger partial charge in [0.1, 0.15) is 6.04 Å². The highest BCUT2D eigenvalue weighted by atomic mass is 16.5. The number of piperidine rings is 1. The normalized spacial score (nSPS) is 24.9. The molecule has 0 aromatic carbocycles. The summed E-state index contributed by atoms with van der Waals surface area (Å²) in [6, 6.07) is -0.449. The quantitative estimate of drug-likeness (QED) is 0.697. The molecule has 4 heteroatoms. The van der Waals surface area contributed by atoms with Crippen molar-refractivity contribution in [3.05, 3.63) is 0 Å². The molecule has 0 bridgehead atoms. The van der Waals surface area contributed by atoms with Gasteiger partial charge in [0.15, 0.2) is 0 Å². The average Bonchev–Trinajstić information content (AvgIpc) is 2.28. The van der Waals surface area contributed by atoms with Crippen LogP contribution in [0.4, 0.5) is 0 Å². The van der Waals surface area contributed by atoms with Crippen molar-refractivity contribution in [2.24, 2.45) is 11.7 Å². The molecule has 0 saturated carbocycles. The zero-order valence-electron chi connectivity index (χ0n) is 9.74. The van der Waals surface area contributed by atoms with Gasteiger partial charge in [-0.25, -0.2) is 0 Å². The van der Waals surface area contributed by atoms with Crippen molar-refractivity contribution >= 4 is 5.97 Å². The number of nitrogens with two attached hydrogens (primary N) is 1. The largest absolute Gasteiger partial charge is 0.468 e. The average molecular weight is 214 g/mol. The molecule has 2 unspecified atom stereocenters. The number of hydrogen-bond acceptors (Lipinski definition) is 4. The van der Waals surface area contributed by atoms with Crippen LogP contribution in [0.15, 0.2) is 0 Å². The number of methoxy groups -OCH3 is 1. The Hall–Kier alpha value is -0.610. The Bertz CT molecular complexity index is 207. The van der Waals surface area contributed by atoms with Crippen LogP contribution in [0.1, 0.15) is 26.2 Å². The van der Waals surface area contributed by atoms with E-state index in [1.54, 1.807) is 0 Å². The van der Waals surface area contributed by atoms with E-state index in [9.17, 15) is 4.79 Å². The van der Waals surface area contributed by atoms with Gasteiger partial charge in [0, 0.05) is 6.54 Å². The summed E-state index contributed by atoms with van der Waals surface area (Å²) in [4.78, 5) is 13.7. The van der Waals surface area contributed by atoms with Crippen molar-refractivity contribution in [1.82, 2.24) is 4.90 Å². The van der Waals surface area contributed by atoms with E-state index < -0.39 is 6.04 Å². The van der Waals surface area contributed by atoms with Crippen molar-refractivity contribution in [2.75, 3.05) is 26.7 Å². The lowest BCUT2D eigenvalue weighted by Gasteiger charge is -2.34. The molecule has 0 amide bonds. The van der Waals surface area contributed by atoms with Crippen molar-refractivity contribution < 1.29 is 9.53 Å². The highest BCUT2D eigenvalue weighted by Gasteiger charge is 2.29. The third-order valence-electron chi connectivity index (χ3n) is 3.06. The Morgan fingerprint density at radius 2 is 2.40 bits per heavy atom. The van der Waals surface area contributed by atoms with Gasteiger partial charge in [-0.2, -0.15) is 0 Å². The molecular weight excluding hydrogens is 192 g/mol. The van der Waals surface area contributed by atoms with Gasteiger partial charge in [0.25, 0.3) is 0 Å². The first kappa shape index (κ1) is 12.5. The Kier molecular flexibility index (Phi) is 5.05. The van der Waals surface area contributed by atoms with Crippen LogP contribution in [0.5, 0.6) is 0 Å². The van der Waals surface area contributed by atoms with Crippen LogP contribution in [-0.2, 0) is 9.53 Å².